The number of carbonyl (C=O) groups excluding carboxylic acids is 1. The zero-order valence-corrected chi connectivity index (χ0v) is 14.5. The number of hydrogen-bond donors (Lipinski definition) is 2. The van der Waals surface area contributed by atoms with E-state index >= 15 is 0 Å². The molecule has 0 aliphatic carbocycles. The maximum Gasteiger partial charge on any atom is 0.412 e. The second-order valence-electron chi connectivity index (χ2n) is 6.46. The van der Waals surface area contributed by atoms with Crippen molar-refractivity contribution >= 4 is 17.5 Å². The molecule has 0 aliphatic heterocycles. The van der Waals surface area contributed by atoms with Crippen molar-refractivity contribution in [3.05, 3.63) is 48.0 Å². The molecule has 2 rings (SSSR count). The third kappa shape index (κ3) is 5.74. The van der Waals surface area contributed by atoms with Gasteiger partial charge in [-0.2, -0.15) is 5.26 Å². The Bertz CT molecular complexity index is 787. The number of hydrogen-bond acceptors (Lipinski definition) is 5. The first-order chi connectivity index (χ1) is 11.8. The second-order valence-corrected chi connectivity index (χ2v) is 6.46. The lowest BCUT2D eigenvalue weighted by Gasteiger charge is -2.20. The Morgan fingerprint density at radius 3 is 2.48 bits per heavy atom. The quantitative estimate of drug-likeness (QED) is 0.801. The van der Waals surface area contributed by atoms with Crippen LogP contribution in [-0.2, 0) is 11.2 Å². The van der Waals surface area contributed by atoms with E-state index in [-0.39, 0.29) is 0 Å². The van der Waals surface area contributed by atoms with Crippen molar-refractivity contribution < 1.29 is 14.3 Å². The molecule has 0 spiro atoms. The van der Waals surface area contributed by atoms with Gasteiger partial charge in [0, 0.05) is 11.8 Å². The molecule has 2 aromatic rings. The van der Waals surface area contributed by atoms with Crippen molar-refractivity contribution in [2.75, 3.05) is 11.1 Å². The Balaban J connectivity index is 2.10. The number of amides is 1. The minimum atomic E-state index is -0.581. The average molecular weight is 339 g/mol. The number of ether oxygens (including phenoxy) is 2. The first-order valence-electron chi connectivity index (χ1n) is 7.80. The lowest BCUT2D eigenvalue weighted by atomic mass is 10.1. The van der Waals surface area contributed by atoms with Gasteiger partial charge in [0.25, 0.3) is 0 Å². The van der Waals surface area contributed by atoms with Gasteiger partial charge in [-0.1, -0.05) is 12.1 Å². The maximum absolute atomic E-state index is 11.8. The predicted octanol–water partition coefficient (Wildman–Crippen LogP) is 4.47. The molecule has 2 aromatic carbocycles. The van der Waals surface area contributed by atoms with Crippen LogP contribution in [0.5, 0.6) is 11.5 Å². The molecule has 6 heteroatoms. The summed E-state index contributed by atoms with van der Waals surface area (Å²) in [4.78, 5) is 11.8. The van der Waals surface area contributed by atoms with Gasteiger partial charge in [0.15, 0.2) is 5.75 Å². The van der Waals surface area contributed by atoms with Crippen LogP contribution in [0.2, 0.25) is 0 Å². The molecule has 0 saturated heterocycles. The summed E-state index contributed by atoms with van der Waals surface area (Å²) in [5.74, 6) is 1.00. The Morgan fingerprint density at radius 1 is 1.20 bits per heavy atom. The number of carbonyl (C=O) groups is 1. The zero-order valence-electron chi connectivity index (χ0n) is 14.5. The number of anilines is 2. The van der Waals surface area contributed by atoms with Crippen LogP contribution >= 0.6 is 0 Å². The maximum atomic E-state index is 11.8. The summed E-state index contributed by atoms with van der Waals surface area (Å²) in [6, 6.07) is 14.2. The number of rotatable bonds is 4. The van der Waals surface area contributed by atoms with Crippen LogP contribution in [0, 0.1) is 11.3 Å². The van der Waals surface area contributed by atoms with Crippen molar-refractivity contribution in [2.45, 2.75) is 32.8 Å². The molecule has 1 amide bonds. The SMILES string of the molecule is CC(C)(C)OC(=O)Nc1ccc(N)c(Oc2ccc(CC#N)cc2)c1. The van der Waals surface area contributed by atoms with E-state index in [1.165, 1.54) is 0 Å². The van der Waals surface area contributed by atoms with E-state index in [2.05, 4.69) is 11.4 Å². The number of nitrogens with zero attached hydrogens (tertiary/aromatic N) is 1. The lowest BCUT2D eigenvalue weighted by molar-refractivity contribution is 0.0636. The Hall–Kier alpha value is -3.20. The summed E-state index contributed by atoms with van der Waals surface area (Å²) in [7, 11) is 0. The molecule has 6 nitrogen and oxygen atoms in total. The number of nitrogens with two attached hydrogens (primary N) is 1. The van der Waals surface area contributed by atoms with Gasteiger partial charge in [0.1, 0.15) is 11.4 Å². The second kappa shape index (κ2) is 7.58. The van der Waals surface area contributed by atoms with Gasteiger partial charge in [-0.25, -0.2) is 4.79 Å². The minimum absolute atomic E-state index is 0.345. The molecule has 3 N–H and O–H groups in total. The van der Waals surface area contributed by atoms with Gasteiger partial charge < -0.3 is 15.2 Å². The summed E-state index contributed by atoms with van der Waals surface area (Å²) in [6.07, 6.45) is -0.207. The van der Waals surface area contributed by atoms with Crippen molar-refractivity contribution in [1.29, 1.82) is 5.26 Å². The fraction of sp³-hybridized carbons (Fsp3) is 0.263. The van der Waals surface area contributed by atoms with Crippen LogP contribution in [0.1, 0.15) is 26.3 Å². The number of nitriles is 1. The number of nitrogen functional groups attached to an aromatic ring is 1. The minimum Gasteiger partial charge on any atom is -0.455 e. The van der Waals surface area contributed by atoms with Gasteiger partial charge in [0.2, 0.25) is 0 Å². The largest absolute Gasteiger partial charge is 0.455 e. The van der Waals surface area contributed by atoms with E-state index in [0.29, 0.717) is 29.3 Å². The summed E-state index contributed by atoms with van der Waals surface area (Å²) < 4.78 is 11.0. The number of nitrogens with one attached hydrogen (secondary N) is 1. The van der Waals surface area contributed by atoms with E-state index in [1.807, 2.05) is 12.1 Å². The Labute approximate surface area is 147 Å². The van der Waals surface area contributed by atoms with Crippen LogP contribution in [0.3, 0.4) is 0 Å². The van der Waals surface area contributed by atoms with Gasteiger partial charge in [0.05, 0.1) is 18.2 Å². The van der Waals surface area contributed by atoms with Crippen LogP contribution in [-0.4, -0.2) is 11.7 Å². The molecule has 0 aliphatic rings. The van der Waals surface area contributed by atoms with Crippen molar-refractivity contribution in [3.63, 3.8) is 0 Å². The smallest absolute Gasteiger partial charge is 0.412 e. The molecule has 0 atom stereocenters. The summed E-state index contributed by atoms with van der Waals surface area (Å²) in [5.41, 5.74) is 7.21. The highest BCUT2D eigenvalue weighted by molar-refractivity contribution is 5.85. The van der Waals surface area contributed by atoms with E-state index in [1.54, 1.807) is 51.1 Å². The van der Waals surface area contributed by atoms with Gasteiger partial charge >= 0.3 is 6.09 Å². The first-order valence-corrected chi connectivity index (χ1v) is 7.80. The first kappa shape index (κ1) is 18.1. The van der Waals surface area contributed by atoms with Gasteiger partial charge in [-0.3, -0.25) is 5.32 Å². The fourth-order valence-corrected chi connectivity index (χ4v) is 2.02. The standard InChI is InChI=1S/C19H21N3O3/c1-19(2,3)25-18(23)22-14-6-9-16(21)17(12-14)24-15-7-4-13(5-8-15)10-11-20/h4-9,12H,10,21H2,1-3H3,(H,22,23). The summed E-state index contributed by atoms with van der Waals surface area (Å²) >= 11 is 0. The third-order valence-corrected chi connectivity index (χ3v) is 3.09. The van der Waals surface area contributed by atoms with Gasteiger partial charge in [-0.15, -0.1) is 0 Å². The van der Waals surface area contributed by atoms with Crippen molar-refractivity contribution in [1.82, 2.24) is 0 Å². The van der Waals surface area contributed by atoms with Crippen molar-refractivity contribution in [2.24, 2.45) is 0 Å². The van der Waals surface area contributed by atoms with Crippen molar-refractivity contribution in [3.8, 4) is 17.6 Å². The molecule has 0 aromatic heterocycles. The van der Waals surface area contributed by atoms with Gasteiger partial charge in [-0.05, 0) is 50.6 Å². The normalized spacial score (nSPS) is 10.6. The highest BCUT2D eigenvalue weighted by atomic mass is 16.6. The van der Waals surface area contributed by atoms with Crippen LogP contribution in [0.25, 0.3) is 0 Å². The van der Waals surface area contributed by atoms with E-state index in [4.69, 9.17) is 20.5 Å². The number of benzene rings is 2. The van der Waals surface area contributed by atoms with Crippen LogP contribution < -0.4 is 15.8 Å². The molecule has 0 fully saturated rings. The summed E-state index contributed by atoms with van der Waals surface area (Å²) in [5, 5.41) is 11.3. The summed E-state index contributed by atoms with van der Waals surface area (Å²) in [6.45, 7) is 5.38. The monoisotopic (exact) mass is 339 g/mol. The molecule has 130 valence electrons. The van der Waals surface area contributed by atoms with E-state index in [0.717, 1.165) is 5.56 Å². The predicted molar refractivity (Wildman–Crippen MR) is 96.5 cm³/mol. The zero-order chi connectivity index (χ0) is 18.4. The van der Waals surface area contributed by atoms with E-state index < -0.39 is 11.7 Å². The van der Waals surface area contributed by atoms with Crippen LogP contribution in [0.15, 0.2) is 42.5 Å². The molecule has 0 heterocycles. The molecule has 0 saturated carbocycles. The molecule has 0 bridgehead atoms. The molecule has 0 unspecified atom stereocenters. The fourth-order valence-electron chi connectivity index (χ4n) is 2.02. The third-order valence-electron chi connectivity index (χ3n) is 3.09. The molecular weight excluding hydrogens is 318 g/mol. The molecule has 25 heavy (non-hydrogen) atoms. The average Bonchev–Trinajstić information content (AvgIpc) is 2.51. The Kier molecular flexibility index (Phi) is 5.50. The van der Waals surface area contributed by atoms with E-state index in [9.17, 15) is 4.79 Å². The molecular formula is C19H21N3O3. The lowest BCUT2D eigenvalue weighted by Crippen LogP contribution is -2.27. The van der Waals surface area contributed by atoms with Crippen LogP contribution in [0.4, 0.5) is 16.2 Å². The highest BCUT2D eigenvalue weighted by Gasteiger charge is 2.16. The molecule has 0 radical (unpaired) electrons. The highest BCUT2D eigenvalue weighted by Crippen LogP contribution is 2.30. The topological polar surface area (TPSA) is 97.4 Å². The Morgan fingerprint density at radius 2 is 1.88 bits per heavy atom.